The molecular formula is C20H35N5O2. The lowest BCUT2D eigenvalue weighted by Gasteiger charge is -2.22. The maximum atomic E-state index is 5.49. The van der Waals surface area contributed by atoms with E-state index in [2.05, 4.69) is 44.6 Å². The molecule has 0 aliphatic carbocycles. The van der Waals surface area contributed by atoms with Gasteiger partial charge < -0.3 is 29.9 Å². The number of guanidine groups is 1. The summed E-state index contributed by atoms with van der Waals surface area (Å²) in [4.78, 5) is 9.02. The number of anilines is 1. The average Bonchev–Trinajstić information content (AvgIpc) is 3.16. The minimum absolute atomic E-state index is 0.380. The molecule has 1 heterocycles. The standard InChI is InChI=1S/C20H35N5O2/c1-21-20(22-11-7-12-24(2)14-15-26-3)23-17-10-13-25(16-17)18-8-5-6-9-19(18)27-4/h5-6,8-9,17H,7,10-16H2,1-4H3,(H2,21,22,23). The van der Waals surface area contributed by atoms with Crippen molar-refractivity contribution >= 4 is 11.6 Å². The summed E-state index contributed by atoms with van der Waals surface area (Å²) >= 11 is 0. The number of aliphatic imine (C=N–C) groups is 1. The van der Waals surface area contributed by atoms with Gasteiger partial charge in [-0.25, -0.2) is 0 Å². The maximum absolute atomic E-state index is 5.49. The van der Waals surface area contributed by atoms with Crippen molar-refractivity contribution in [2.45, 2.75) is 18.9 Å². The van der Waals surface area contributed by atoms with Crippen LogP contribution in [0.3, 0.4) is 0 Å². The van der Waals surface area contributed by atoms with Crippen molar-refractivity contribution in [2.24, 2.45) is 4.99 Å². The van der Waals surface area contributed by atoms with Crippen molar-refractivity contribution in [3.05, 3.63) is 24.3 Å². The van der Waals surface area contributed by atoms with Crippen molar-refractivity contribution in [2.75, 3.05) is 72.5 Å². The number of ether oxygens (including phenoxy) is 2. The number of nitrogens with zero attached hydrogens (tertiary/aromatic N) is 3. The van der Waals surface area contributed by atoms with Gasteiger partial charge in [-0.2, -0.15) is 0 Å². The highest BCUT2D eigenvalue weighted by atomic mass is 16.5. The zero-order valence-electron chi connectivity index (χ0n) is 17.2. The van der Waals surface area contributed by atoms with Crippen molar-refractivity contribution < 1.29 is 9.47 Å². The summed E-state index contributed by atoms with van der Waals surface area (Å²) in [5.74, 6) is 1.81. The van der Waals surface area contributed by atoms with Gasteiger partial charge in [0.25, 0.3) is 0 Å². The van der Waals surface area contributed by atoms with E-state index in [1.54, 1.807) is 14.2 Å². The average molecular weight is 378 g/mol. The molecule has 1 aliphatic rings. The first-order valence-electron chi connectivity index (χ1n) is 9.70. The Kier molecular flexibility index (Phi) is 9.21. The second kappa shape index (κ2) is 11.7. The minimum Gasteiger partial charge on any atom is -0.495 e. The topological polar surface area (TPSA) is 61.4 Å². The Hall–Kier alpha value is -1.99. The fourth-order valence-corrected chi connectivity index (χ4v) is 3.29. The van der Waals surface area contributed by atoms with E-state index in [0.29, 0.717) is 6.04 Å². The highest BCUT2D eigenvalue weighted by molar-refractivity contribution is 5.80. The summed E-state index contributed by atoms with van der Waals surface area (Å²) in [6, 6.07) is 8.58. The van der Waals surface area contributed by atoms with Crippen molar-refractivity contribution in [3.63, 3.8) is 0 Å². The van der Waals surface area contributed by atoms with E-state index in [0.717, 1.165) is 69.6 Å². The van der Waals surface area contributed by atoms with Crippen molar-refractivity contribution in [3.8, 4) is 5.75 Å². The number of benzene rings is 1. The summed E-state index contributed by atoms with van der Waals surface area (Å²) in [7, 11) is 7.41. The summed E-state index contributed by atoms with van der Waals surface area (Å²) in [5, 5.41) is 6.97. The summed E-state index contributed by atoms with van der Waals surface area (Å²) in [6.45, 7) is 5.64. The van der Waals surface area contributed by atoms with Crippen LogP contribution >= 0.6 is 0 Å². The molecule has 1 aromatic carbocycles. The molecule has 0 bridgehead atoms. The predicted molar refractivity (Wildman–Crippen MR) is 112 cm³/mol. The molecular weight excluding hydrogens is 342 g/mol. The molecule has 1 unspecified atom stereocenters. The zero-order valence-corrected chi connectivity index (χ0v) is 17.2. The van der Waals surface area contributed by atoms with Crippen LogP contribution in [-0.4, -0.2) is 84.5 Å². The van der Waals surface area contributed by atoms with Crippen LogP contribution in [0.25, 0.3) is 0 Å². The minimum atomic E-state index is 0.380. The smallest absolute Gasteiger partial charge is 0.191 e. The largest absolute Gasteiger partial charge is 0.495 e. The lowest BCUT2D eigenvalue weighted by atomic mass is 10.2. The fraction of sp³-hybridized carbons (Fsp3) is 0.650. The number of hydrogen-bond acceptors (Lipinski definition) is 5. The third kappa shape index (κ3) is 6.92. The summed E-state index contributed by atoms with van der Waals surface area (Å²) in [6.07, 6.45) is 2.15. The molecule has 1 fully saturated rings. The van der Waals surface area contributed by atoms with E-state index < -0.39 is 0 Å². The molecule has 1 atom stereocenters. The molecule has 7 nitrogen and oxygen atoms in total. The van der Waals surface area contributed by atoms with Crippen LogP contribution in [0.5, 0.6) is 5.75 Å². The van der Waals surface area contributed by atoms with Crippen LogP contribution in [0.4, 0.5) is 5.69 Å². The molecule has 1 aliphatic heterocycles. The molecule has 0 radical (unpaired) electrons. The molecule has 152 valence electrons. The molecule has 1 saturated heterocycles. The Morgan fingerprint density at radius 2 is 2.11 bits per heavy atom. The van der Waals surface area contributed by atoms with Gasteiger partial charge in [0.05, 0.1) is 19.4 Å². The van der Waals surface area contributed by atoms with Crippen LogP contribution in [0, 0.1) is 0 Å². The fourth-order valence-electron chi connectivity index (χ4n) is 3.29. The molecule has 1 aromatic rings. The molecule has 0 amide bonds. The second-order valence-electron chi connectivity index (χ2n) is 6.90. The van der Waals surface area contributed by atoms with Crippen LogP contribution < -0.4 is 20.3 Å². The first-order chi connectivity index (χ1) is 13.2. The summed E-state index contributed by atoms with van der Waals surface area (Å²) in [5.41, 5.74) is 1.16. The molecule has 2 N–H and O–H groups in total. The molecule has 0 spiro atoms. The number of methoxy groups -OCH3 is 2. The van der Waals surface area contributed by atoms with Gasteiger partial charge >= 0.3 is 0 Å². The lowest BCUT2D eigenvalue weighted by molar-refractivity contribution is 0.161. The highest BCUT2D eigenvalue weighted by Gasteiger charge is 2.25. The molecule has 27 heavy (non-hydrogen) atoms. The Labute approximate surface area is 163 Å². The number of hydrogen-bond donors (Lipinski definition) is 2. The van der Waals surface area contributed by atoms with Gasteiger partial charge in [-0.15, -0.1) is 0 Å². The highest BCUT2D eigenvalue weighted by Crippen LogP contribution is 2.30. The van der Waals surface area contributed by atoms with E-state index in [1.165, 1.54) is 0 Å². The van der Waals surface area contributed by atoms with Gasteiger partial charge in [0, 0.05) is 46.4 Å². The third-order valence-electron chi connectivity index (χ3n) is 4.86. The van der Waals surface area contributed by atoms with Gasteiger partial charge in [-0.05, 0) is 38.6 Å². The van der Waals surface area contributed by atoms with E-state index in [-0.39, 0.29) is 0 Å². The zero-order chi connectivity index (χ0) is 19.5. The van der Waals surface area contributed by atoms with Crippen LogP contribution in [0.15, 0.2) is 29.3 Å². The van der Waals surface area contributed by atoms with Gasteiger partial charge in [0.15, 0.2) is 5.96 Å². The first kappa shape index (κ1) is 21.3. The molecule has 7 heteroatoms. The Bertz CT molecular complexity index is 581. The van der Waals surface area contributed by atoms with E-state index in [9.17, 15) is 0 Å². The first-order valence-corrected chi connectivity index (χ1v) is 9.70. The number of para-hydroxylation sites is 2. The van der Waals surface area contributed by atoms with E-state index in [1.807, 2.05) is 19.2 Å². The van der Waals surface area contributed by atoms with E-state index in [4.69, 9.17) is 9.47 Å². The van der Waals surface area contributed by atoms with Crippen LogP contribution in [-0.2, 0) is 4.74 Å². The Balaban J connectivity index is 1.72. The monoisotopic (exact) mass is 377 g/mol. The Morgan fingerprint density at radius 1 is 1.30 bits per heavy atom. The SMILES string of the molecule is CN=C(NCCCN(C)CCOC)NC1CCN(c2ccccc2OC)C1. The normalized spacial score (nSPS) is 17.4. The number of likely N-dealkylation sites (N-methyl/N-ethyl adjacent to an activating group) is 1. The van der Waals surface area contributed by atoms with Gasteiger partial charge in [-0.1, -0.05) is 12.1 Å². The second-order valence-corrected chi connectivity index (χ2v) is 6.90. The third-order valence-corrected chi connectivity index (χ3v) is 4.86. The van der Waals surface area contributed by atoms with Gasteiger partial charge in [0.1, 0.15) is 5.75 Å². The lowest BCUT2D eigenvalue weighted by Crippen LogP contribution is -2.45. The number of nitrogens with one attached hydrogen (secondary N) is 2. The predicted octanol–water partition coefficient (Wildman–Crippen LogP) is 1.41. The molecule has 0 aromatic heterocycles. The molecule has 0 saturated carbocycles. The van der Waals surface area contributed by atoms with E-state index >= 15 is 0 Å². The Morgan fingerprint density at radius 3 is 2.85 bits per heavy atom. The number of rotatable bonds is 10. The quantitative estimate of drug-likeness (QED) is 0.365. The van der Waals surface area contributed by atoms with Crippen LogP contribution in [0.1, 0.15) is 12.8 Å². The van der Waals surface area contributed by atoms with Crippen molar-refractivity contribution in [1.29, 1.82) is 0 Å². The summed E-state index contributed by atoms with van der Waals surface area (Å²) < 4.78 is 10.6. The maximum Gasteiger partial charge on any atom is 0.191 e. The molecule has 2 rings (SSSR count). The van der Waals surface area contributed by atoms with Crippen LogP contribution in [0.2, 0.25) is 0 Å². The van der Waals surface area contributed by atoms with Crippen molar-refractivity contribution in [1.82, 2.24) is 15.5 Å². The van der Waals surface area contributed by atoms with Gasteiger partial charge in [0.2, 0.25) is 0 Å². The van der Waals surface area contributed by atoms with Gasteiger partial charge in [-0.3, -0.25) is 4.99 Å².